The highest BCUT2D eigenvalue weighted by Gasteiger charge is 2.36. The van der Waals surface area contributed by atoms with Crippen molar-refractivity contribution in [3.63, 3.8) is 0 Å². The van der Waals surface area contributed by atoms with E-state index in [0.717, 1.165) is 0 Å². The van der Waals surface area contributed by atoms with Crippen molar-refractivity contribution in [2.75, 3.05) is 21.3 Å². The van der Waals surface area contributed by atoms with Crippen LogP contribution in [0.2, 0.25) is 5.02 Å². The largest absolute Gasteiger partial charge is 0.504 e. The molecule has 1 aliphatic rings. The minimum absolute atomic E-state index is 0.0799. The first-order valence-electron chi connectivity index (χ1n) is 8.38. The summed E-state index contributed by atoms with van der Waals surface area (Å²) in [6.45, 7) is 0. The van der Waals surface area contributed by atoms with Gasteiger partial charge in [-0.25, -0.2) is 9.59 Å². The van der Waals surface area contributed by atoms with Gasteiger partial charge in [-0.05, 0) is 35.4 Å². The summed E-state index contributed by atoms with van der Waals surface area (Å²) in [6.07, 6.45) is 0. The van der Waals surface area contributed by atoms with E-state index in [4.69, 9.17) is 30.5 Å². The van der Waals surface area contributed by atoms with E-state index in [1.165, 1.54) is 33.5 Å². The van der Waals surface area contributed by atoms with Crippen LogP contribution in [0.3, 0.4) is 0 Å². The van der Waals surface area contributed by atoms with E-state index in [2.05, 4.69) is 0 Å². The first-order chi connectivity index (χ1) is 13.9. The zero-order chi connectivity index (χ0) is 21.1. The van der Waals surface area contributed by atoms with Gasteiger partial charge in [0, 0.05) is 0 Å². The van der Waals surface area contributed by atoms with Crippen LogP contribution in [0.15, 0.2) is 54.0 Å². The first-order valence-corrected chi connectivity index (χ1v) is 8.75. The number of methoxy groups -OCH3 is 3. The van der Waals surface area contributed by atoms with Gasteiger partial charge in [0.25, 0.3) is 0 Å². The number of benzene rings is 2. The van der Waals surface area contributed by atoms with Crippen molar-refractivity contribution in [2.45, 2.75) is 0 Å². The highest BCUT2D eigenvalue weighted by atomic mass is 35.5. The predicted molar refractivity (Wildman–Crippen MR) is 106 cm³/mol. The Morgan fingerprint density at radius 2 is 1.72 bits per heavy atom. The Kier molecular flexibility index (Phi) is 5.79. The third kappa shape index (κ3) is 3.77. The highest BCUT2D eigenvalue weighted by molar-refractivity contribution is 6.32. The molecule has 8 heteroatoms. The van der Waals surface area contributed by atoms with Gasteiger partial charge >= 0.3 is 11.9 Å². The maximum absolute atomic E-state index is 12.5. The van der Waals surface area contributed by atoms with Crippen molar-refractivity contribution < 1.29 is 33.6 Å². The molecular weight excluding hydrogens is 400 g/mol. The van der Waals surface area contributed by atoms with Crippen LogP contribution in [-0.4, -0.2) is 38.4 Å². The summed E-state index contributed by atoms with van der Waals surface area (Å²) in [4.78, 5) is 24.9. The summed E-state index contributed by atoms with van der Waals surface area (Å²) >= 11 is 6.15. The van der Waals surface area contributed by atoms with Gasteiger partial charge in [-0.2, -0.15) is 0 Å². The van der Waals surface area contributed by atoms with E-state index >= 15 is 0 Å². The number of halogens is 1. The molecule has 0 saturated heterocycles. The molecule has 7 nitrogen and oxygen atoms in total. The van der Waals surface area contributed by atoms with Crippen LogP contribution in [0.4, 0.5) is 0 Å². The number of cyclic esters (lactones) is 1. The Bertz CT molecular complexity index is 1040. The van der Waals surface area contributed by atoms with E-state index in [9.17, 15) is 14.7 Å². The van der Waals surface area contributed by atoms with Gasteiger partial charge in [0.1, 0.15) is 22.6 Å². The number of aliphatic hydroxyl groups excluding tert-OH is 1. The lowest BCUT2D eigenvalue weighted by atomic mass is 10.0. The van der Waals surface area contributed by atoms with Gasteiger partial charge in [0.2, 0.25) is 0 Å². The van der Waals surface area contributed by atoms with Gasteiger partial charge in [0.05, 0.1) is 26.4 Å². The molecule has 0 aliphatic carbocycles. The summed E-state index contributed by atoms with van der Waals surface area (Å²) in [5.41, 5.74) is 0.461. The molecule has 0 atom stereocenters. The average Bonchev–Trinajstić information content (AvgIpc) is 3.02. The lowest BCUT2D eigenvalue weighted by Crippen LogP contribution is -2.09. The molecule has 1 aliphatic heterocycles. The fourth-order valence-electron chi connectivity index (χ4n) is 2.85. The zero-order valence-corrected chi connectivity index (χ0v) is 16.6. The van der Waals surface area contributed by atoms with E-state index in [1.54, 1.807) is 30.3 Å². The molecule has 1 N–H and O–H groups in total. The Morgan fingerprint density at radius 1 is 1.03 bits per heavy atom. The van der Waals surface area contributed by atoms with E-state index < -0.39 is 17.7 Å². The molecule has 3 rings (SSSR count). The minimum Gasteiger partial charge on any atom is -0.504 e. The van der Waals surface area contributed by atoms with Crippen molar-refractivity contribution in [1.29, 1.82) is 0 Å². The van der Waals surface area contributed by atoms with Crippen LogP contribution >= 0.6 is 11.6 Å². The van der Waals surface area contributed by atoms with Crippen LogP contribution in [0.25, 0.3) is 11.1 Å². The van der Waals surface area contributed by atoms with Crippen molar-refractivity contribution >= 4 is 34.7 Å². The maximum Gasteiger partial charge on any atom is 0.348 e. The Balaban J connectivity index is 2.18. The summed E-state index contributed by atoms with van der Waals surface area (Å²) in [5.74, 6) is -1.42. The van der Waals surface area contributed by atoms with Crippen LogP contribution in [-0.2, 0) is 19.1 Å². The first kappa shape index (κ1) is 20.3. The smallest absolute Gasteiger partial charge is 0.348 e. The number of ether oxygens (including phenoxy) is 4. The van der Waals surface area contributed by atoms with E-state index in [0.29, 0.717) is 17.1 Å². The zero-order valence-electron chi connectivity index (χ0n) is 15.8. The molecule has 0 fully saturated rings. The third-order valence-corrected chi connectivity index (χ3v) is 4.58. The lowest BCUT2D eigenvalue weighted by molar-refractivity contribution is -0.134. The fourth-order valence-corrected chi connectivity index (χ4v) is 3.11. The molecular formula is C21H17ClO7. The maximum atomic E-state index is 12.5. The molecule has 150 valence electrons. The number of rotatable bonds is 5. The second-order valence-electron chi connectivity index (χ2n) is 5.89. The SMILES string of the molecule is COC(=O)C(=C1OC(=O)C(c2ccc(OC)cc2)=C1O)c1ccc(OC)c(Cl)c1. The summed E-state index contributed by atoms with van der Waals surface area (Å²) < 4.78 is 20.3. The third-order valence-electron chi connectivity index (χ3n) is 4.29. The Morgan fingerprint density at radius 3 is 2.28 bits per heavy atom. The highest BCUT2D eigenvalue weighted by Crippen LogP contribution is 2.38. The quantitative estimate of drug-likeness (QED) is 0.586. The van der Waals surface area contributed by atoms with E-state index in [-0.39, 0.29) is 27.5 Å². The van der Waals surface area contributed by atoms with Crippen LogP contribution in [0.1, 0.15) is 11.1 Å². The number of hydrogen-bond donors (Lipinski definition) is 1. The monoisotopic (exact) mass is 416 g/mol. The van der Waals surface area contributed by atoms with Crippen LogP contribution in [0.5, 0.6) is 11.5 Å². The molecule has 1 heterocycles. The van der Waals surface area contributed by atoms with Gasteiger partial charge in [0.15, 0.2) is 11.5 Å². The number of aliphatic hydroxyl groups is 1. The summed E-state index contributed by atoms with van der Waals surface area (Å²) in [5, 5.41) is 11.0. The predicted octanol–water partition coefficient (Wildman–Crippen LogP) is 3.77. The van der Waals surface area contributed by atoms with E-state index in [1.807, 2.05) is 0 Å². The lowest BCUT2D eigenvalue weighted by Gasteiger charge is -2.11. The summed E-state index contributed by atoms with van der Waals surface area (Å²) in [7, 11) is 4.14. The van der Waals surface area contributed by atoms with Crippen molar-refractivity contribution in [1.82, 2.24) is 0 Å². The molecule has 2 aromatic rings. The molecule has 0 bridgehead atoms. The van der Waals surface area contributed by atoms with Crippen molar-refractivity contribution in [3.05, 3.63) is 70.1 Å². The molecule has 2 aromatic carbocycles. The molecule has 0 unspecified atom stereocenters. The van der Waals surface area contributed by atoms with Crippen molar-refractivity contribution in [3.8, 4) is 11.5 Å². The number of carbonyl (C=O) groups is 2. The Labute approximate surface area is 171 Å². The Hall–Kier alpha value is -3.45. The normalized spacial score (nSPS) is 15.1. The number of carbonyl (C=O) groups excluding carboxylic acids is 2. The van der Waals surface area contributed by atoms with Gasteiger partial charge < -0.3 is 24.1 Å². The van der Waals surface area contributed by atoms with Gasteiger partial charge in [-0.15, -0.1) is 0 Å². The average molecular weight is 417 g/mol. The summed E-state index contributed by atoms with van der Waals surface area (Å²) in [6, 6.07) is 11.0. The van der Waals surface area contributed by atoms with Gasteiger partial charge in [-0.1, -0.05) is 29.8 Å². The second kappa shape index (κ2) is 8.28. The topological polar surface area (TPSA) is 91.3 Å². The molecule has 29 heavy (non-hydrogen) atoms. The molecule has 0 saturated carbocycles. The minimum atomic E-state index is -0.809. The van der Waals surface area contributed by atoms with Gasteiger partial charge in [-0.3, -0.25) is 0 Å². The van der Waals surface area contributed by atoms with Crippen LogP contribution in [0, 0.1) is 0 Å². The molecule has 0 aromatic heterocycles. The fraction of sp³-hybridized carbons (Fsp3) is 0.143. The molecule has 0 spiro atoms. The van der Waals surface area contributed by atoms with Crippen LogP contribution < -0.4 is 9.47 Å². The second-order valence-corrected chi connectivity index (χ2v) is 6.29. The number of hydrogen-bond acceptors (Lipinski definition) is 7. The molecule has 0 amide bonds. The molecule has 0 radical (unpaired) electrons. The standard InChI is InChI=1S/C21H17ClO7/c1-26-13-7-4-11(5-8-13)16-18(23)19(29-21(16)25)17(20(24)28-3)12-6-9-15(27-2)14(22)10-12/h4-10,23H,1-3H3. The number of esters is 2. The van der Waals surface area contributed by atoms with Crippen molar-refractivity contribution in [2.24, 2.45) is 0 Å².